The Hall–Kier alpha value is -1.18. The number of anilines is 1. The zero-order valence-electron chi connectivity index (χ0n) is 11.9. The van der Waals surface area contributed by atoms with Crippen molar-refractivity contribution in [3.05, 3.63) is 61.9 Å². The summed E-state index contributed by atoms with van der Waals surface area (Å²) >= 11 is 22.2. The predicted molar refractivity (Wildman–Crippen MR) is 110 cm³/mol. The topological polar surface area (TPSA) is 41.1 Å². The molecule has 0 spiro atoms. The molecule has 0 bridgehead atoms. The number of hydrogen-bond donors (Lipinski definition) is 2. The first-order chi connectivity index (χ1) is 11.5. The van der Waals surface area contributed by atoms with Crippen molar-refractivity contribution in [3.8, 4) is 0 Å². The molecule has 2 aromatic carbocycles. The first-order valence-electron chi connectivity index (χ1n) is 6.70. The van der Waals surface area contributed by atoms with E-state index >= 15 is 0 Å². The van der Waals surface area contributed by atoms with Crippen LogP contribution in [0.4, 0.5) is 5.69 Å². The molecular weight excluding hydrogens is 451 g/mol. The molecule has 2 N–H and O–H groups in total. The molecule has 0 aliphatic carbocycles. The highest BCUT2D eigenvalue weighted by Crippen LogP contribution is 2.36. The zero-order chi connectivity index (χ0) is 17.3. The minimum atomic E-state index is -0.359. The lowest BCUT2D eigenvalue weighted by molar-refractivity contribution is 0.0982. The van der Waals surface area contributed by atoms with Gasteiger partial charge in [-0.15, -0.1) is 11.3 Å². The van der Waals surface area contributed by atoms with Gasteiger partial charge in [-0.25, -0.2) is 0 Å². The minimum absolute atomic E-state index is 0.193. The number of nitrogens with one attached hydrogen (secondary N) is 2. The lowest BCUT2D eigenvalue weighted by Crippen LogP contribution is -2.33. The van der Waals surface area contributed by atoms with Crippen LogP contribution in [0.2, 0.25) is 10.0 Å². The van der Waals surface area contributed by atoms with Gasteiger partial charge in [0.1, 0.15) is 4.88 Å². The monoisotopic (exact) mass is 458 g/mol. The quantitative estimate of drug-likeness (QED) is 0.455. The molecule has 0 aliphatic heterocycles. The van der Waals surface area contributed by atoms with Gasteiger partial charge in [0.15, 0.2) is 5.11 Å². The van der Waals surface area contributed by atoms with Crippen molar-refractivity contribution >= 4 is 89.5 Å². The largest absolute Gasteiger partial charge is 0.331 e. The average molecular weight is 460 g/mol. The van der Waals surface area contributed by atoms with Crippen LogP contribution in [-0.4, -0.2) is 11.0 Å². The van der Waals surface area contributed by atoms with Crippen molar-refractivity contribution in [1.82, 2.24) is 5.32 Å². The zero-order valence-corrected chi connectivity index (χ0v) is 16.6. The van der Waals surface area contributed by atoms with E-state index in [1.807, 2.05) is 24.3 Å². The third-order valence-corrected chi connectivity index (χ3v) is 5.93. The number of hydrogen-bond acceptors (Lipinski definition) is 3. The Bertz CT molecular complexity index is 958. The van der Waals surface area contributed by atoms with Crippen molar-refractivity contribution in [2.75, 3.05) is 5.32 Å². The summed E-state index contributed by atoms with van der Waals surface area (Å²) in [5.74, 6) is -0.359. The summed E-state index contributed by atoms with van der Waals surface area (Å²) in [5, 5.41) is 7.59. The molecule has 3 aromatic rings. The molecule has 0 unspecified atom stereocenters. The van der Waals surface area contributed by atoms with Gasteiger partial charge in [0, 0.05) is 19.6 Å². The molecule has 1 amide bonds. The number of thiocarbonyl (C=S) groups is 1. The fourth-order valence-corrected chi connectivity index (χ4v) is 4.34. The van der Waals surface area contributed by atoms with Crippen LogP contribution >= 0.6 is 62.7 Å². The average Bonchev–Trinajstić information content (AvgIpc) is 2.86. The molecule has 1 aromatic heterocycles. The third kappa shape index (κ3) is 3.73. The minimum Gasteiger partial charge on any atom is -0.331 e. The standard InChI is InChI=1S/C16H9BrCl2N2OS2/c17-10-3-1-2-4-11(10)20-16(23)21-15(22)14-13(19)9-6-5-8(18)7-12(9)24-14/h1-7H,(H2,20,21,22,23). The second-order valence-corrected chi connectivity index (χ2v) is 7.90. The Morgan fingerprint density at radius 1 is 1.17 bits per heavy atom. The molecule has 0 atom stereocenters. The molecule has 0 fully saturated rings. The lowest BCUT2D eigenvalue weighted by atomic mass is 10.2. The van der Waals surface area contributed by atoms with Crippen LogP contribution in [0.25, 0.3) is 10.1 Å². The summed E-state index contributed by atoms with van der Waals surface area (Å²) < 4.78 is 1.69. The Labute approximate surface area is 166 Å². The summed E-state index contributed by atoms with van der Waals surface area (Å²) in [5.41, 5.74) is 0.761. The Kier molecular flexibility index (Phi) is 5.42. The number of fused-ring (bicyclic) bond motifs is 1. The van der Waals surface area contributed by atoms with Gasteiger partial charge in [-0.05, 0) is 52.4 Å². The van der Waals surface area contributed by atoms with Crippen LogP contribution in [0.15, 0.2) is 46.9 Å². The highest BCUT2D eigenvalue weighted by molar-refractivity contribution is 9.10. The Morgan fingerprint density at radius 3 is 2.67 bits per heavy atom. The number of carbonyl (C=O) groups is 1. The van der Waals surface area contributed by atoms with Crippen molar-refractivity contribution in [2.45, 2.75) is 0 Å². The highest BCUT2D eigenvalue weighted by atomic mass is 79.9. The predicted octanol–water partition coefficient (Wildman–Crippen LogP) is 6.10. The molecule has 0 radical (unpaired) electrons. The Balaban J connectivity index is 1.79. The second-order valence-electron chi connectivity index (χ2n) is 4.77. The van der Waals surface area contributed by atoms with Crippen LogP contribution in [0, 0.1) is 0 Å². The van der Waals surface area contributed by atoms with Gasteiger partial charge in [0.05, 0.1) is 10.7 Å². The van der Waals surface area contributed by atoms with E-state index in [0.29, 0.717) is 14.9 Å². The van der Waals surface area contributed by atoms with Crippen LogP contribution in [0.3, 0.4) is 0 Å². The van der Waals surface area contributed by atoms with Crippen molar-refractivity contribution < 1.29 is 4.79 Å². The molecule has 8 heteroatoms. The summed E-state index contributed by atoms with van der Waals surface area (Å²) in [7, 11) is 0. The highest BCUT2D eigenvalue weighted by Gasteiger charge is 2.18. The van der Waals surface area contributed by atoms with Crippen molar-refractivity contribution in [3.63, 3.8) is 0 Å². The molecule has 3 nitrogen and oxygen atoms in total. The van der Waals surface area contributed by atoms with Gasteiger partial charge < -0.3 is 5.32 Å². The number of rotatable bonds is 2. The van der Waals surface area contributed by atoms with Gasteiger partial charge in [0.2, 0.25) is 0 Å². The molecule has 24 heavy (non-hydrogen) atoms. The van der Waals surface area contributed by atoms with Crippen LogP contribution in [-0.2, 0) is 0 Å². The van der Waals surface area contributed by atoms with E-state index in [-0.39, 0.29) is 11.0 Å². The normalized spacial score (nSPS) is 10.6. The van der Waals surface area contributed by atoms with Gasteiger partial charge in [0.25, 0.3) is 5.91 Å². The van der Waals surface area contributed by atoms with Crippen LogP contribution in [0.1, 0.15) is 9.67 Å². The van der Waals surface area contributed by atoms with E-state index in [0.717, 1.165) is 20.2 Å². The second kappa shape index (κ2) is 7.37. The number of para-hydroxylation sites is 1. The molecule has 1 heterocycles. The number of carbonyl (C=O) groups excluding carboxylic acids is 1. The Morgan fingerprint density at radius 2 is 1.92 bits per heavy atom. The van der Waals surface area contributed by atoms with Crippen molar-refractivity contribution in [1.29, 1.82) is 0 Å². The first-order valence-corrected chi connectivity index (χ1v) is 9.47. The van der Waals surface area contributed by atoms with E-state index in [2.05, 4.69) is 26.6 Å². The maximum Gasteiger partial charge on any atom is 0.269 e. The molecular formula is C16H9BrCl2N2OS2. The number of halogens is 3. The summed E-state index contributed by atoms with van der Waals surface area (Å²) in [4.78, 5) is 12.8. The molecule has 3 rings (SSSR count). The van der Waals surface area contributed by atoms with Gasteiger partial charge >= 0.3 is 0 Å². The lowest BCUT2D eigenvalue weighted by Gasteiger charge is -2.10. The molecule has 0 saturated carbocycles. The van der Waals surface area contributed by atoms with Gasteiger partial charge in [-0.3, -0.25) is 10.1 Å². The summed E-state index contributed by atoms with van der Waals surface area (Å²) in [6.07, 6.45) is 0. The van der Waals surface area contributed by atoms with E-state index in [4.69, 9.17) is 35.4 Å². The number of benzene rings is 2. The number of thiophene rings is 1. The number of amides is 1. The third-order valence-electron chi connectivity index (χ3n) is 3.15. The maximum atomic E-state index is 12.4. The van der Waals surface area contributed by atoms with Crippen LogP contribution < -0.4 is 10.6 Å². The smallest absolute Gasteiger partial charge is 0.269 e. The van der Waals surface area contributed by atoms with Crippen LogP contribution in [0.5, 0.6) is 0 Å². The maximum absolute atomic E-state index is 12.4. The fraction of sp³-hybridized carbons (Fsp3) is 0. The molecule has 0 aliphatic rings. The van der Waals surface area contributed by atoms with E-state index < -0.39 is 0 Å². The summed E-state index contributed by atoms with van der Waals surface area (Å²) in [6.45, 7) is 0. The van der Waals surface area contributed by atoms with E-state index in [1.54, 1.807) is 18.2 Å². The van der Waals surface area contributed by atoms with Gasteiger partial charge in [-0.1, -0.05) is 41.4 Å². The van der Waals surface area contributed by atoms with E-state index in [1.165, 1.54) is 11.3 Å². The van der Waals surface area contributed by atoms with Crippen molar-refractivity contribution in [2.24, 2.45) is 0 Å². The van der Waals surface area contributed by atoms with Gasteiger partial charge in [-0.2, -0.15) is 0 Å². The SMILES string of the molecule is O=C(NC(=S)Nc1ccccc1Br)c1sc2cc(Cl)ccc2c1Cl. The molecule has 0 saturated heterocycles. The summed E-state index contributed by atoms with van der Waals surface area (Å²) in [6, 6.07) is 12.8. The first kappa shape index (κ1) is 17.6. The van der Waals surface area contributed by atoms with E-state index in [9.17, 15) is 4.79 Å². The fourth-order valence-electron chi connectivity index (χ4n) is 2.06. The molecule has 122 valence electrons.